The molecule has 0 aliphatic heterocycles. The van der Waals surface area contributed by atoms with Gasteiger partial charge in [0.25, 0.3) is 0 Å². The van der Waals surface area contributed by atoms with E-state index in [-0.39, 0.29) is 0 Å². The number of benzene rings is 2. The van der Waals surface area contributed by atoms with Gasteiger partial charge in [-0.25, -0.2) is 0 Å². The average Bonchev–Trinajstić information content (AvgIpc) is 2.49. The molecule has 21 heavy (non-hydrogen) atoms. The largest absolute Gasteiger partial charge is 0.383 e. The highest BCUT2D eigenvalue weighted by atomic mass is 16.5. The summed E-state index contributed by atoms with van der Waals surface area (Å²) in [5.74, 6) is 0.523. The van der Waals surface area contributed by atoms with Crippen molar-refractivity contribution in [3.63, 3.8) is 0 Å². The van der Waals surface area contributed by atoms with Crippen LogP contribution in [0.5, 0.6) is 0 Å². The minimum Gasteiger partial charge on any atom is -0.383 e. The van der Waals surface area contributed by atoms with Crippen LogP contribution in [0.1, 0.15) is 25.0 Å². The number of anilines is 1. The fraction of sp³-hybridized carbons (Fsp3) is 0.368. The Morgan fingerprint density at radius 3 is 2.29 bits per heavy atom. The summed E-state index contributed by atoms with van der Waals surface area (Å²) in [6.45, 7) is 5.16. The van der Waals surface area contributed by atoms with Gasteiger partial charge in [0.15, 0.2) is 0 Å². The molecule has 0 heterocycles. The molecule has 0 radical (unpaired) electrons. The van der Waals surface area contributed by atoms with E-state index in [1.165, 1.54) is 16.8 Å². The van der Waals surface area contributed by atoms with Crippen molar-refractivity contribution in [2.24, 2.45) is 5.92 Å². The Morgan fingerprint density at radius 2 is 1.62 bits per heavy atom. The molecule has 2 heteroatoms. The summed E-state index contributed by atoms with van der Waals surface area (Å²) in [5, 5.41) is 3.64. The van der Waals surface area contributed by atoms with E-state index in [4.69, 9.17) is 4.74 Å². The number of para-hydroxylation sites is 1. The first-order valence-electron chi connectivity index (χ1n) is 7.58. The summed E-state index contributed by atoms with van der Waals surface area (Å²) in [4.78, 5) is 0. The van der Waals surface area contributed by atoms with Crippen molar-refractivity contribution in [3.8, 4) is 0 Å². The molecule has 0 aromatic heterocycles. The van der Waals surface area contributed by atoms with Gasteiger partial charge in [-0.3, -0.25) is 0 Å². The van der Waals surface area contributed by atoms with Crippen LogP contribution in [-0.2, 0) is 11.2 Å². The monoisotopic (exact) mass is 283 g/mol. The van der Waals surface area contributed by atoms with Gasteiger partial charge in [0.2, 0.25) is 0 Å². The maximum absolute atomic E-state index is 5.33. The molecule has 0 amide bonds. The molecule has 2 aromatic carbocycles. The van der Waals surface area contributed by atoms with Crippen LogP contribution in [0.2, 0.25) is 0 Å². The predicted molar refractivity (Wildman–Crippen MR) is 89.8 cm³/mol. The first-order chi connectivity index (χ1) is 10.2. The van der Waals surface area contributed by atoms with E-state index in [1.807, 2.05) is 0 Å². The molecule has 112 valence electrons. The number of methoxy groups -OCH3 is 1. The van der Waals surface area contributed by atoms with Gasteiger partial charge in [0, 0.05) is 12.8 Å². The second kappa shape index (κ2) is 7.84. The van der Waals surface area contributed by atoms with Gasteiger partial charge in [-0.2, -0.15) is 0 Å². The molecule has 0 saturated heterocycles. The molecule has 0 saturated carbocycles. The molecule has 1 atom stereocenters. The van der Waals surface area contributed by atoms with Crippen molar-refractivity contribution in [2.75, 3.05) is 19.0 Å². The molecule has 2 aromatic rings. The summed E-state index contributed by atoms with van der Waals surface area (Å²) in [6.07, 6.45) is 0.946. The minimum atomic E-state index is 0.326. The normalized spacial score (nSPS) is 12.4. The SMILES string of the molecule is COCC(Nc1ccccc1Cc1ccccc1)C(C)C. The zero-order chi connectivity index (χ0) is 15.1. The molecule has 1 unspecified atom stereocenters. The molecular formula is C19H25NO. The summed E-state index contributed by atoms with van der Waals surface area (Å²) in [6, 6.07) is 19.4. The molecule has 0 fully saturated rings. The zero-order valence-electron chi connectivity index (χ0n) is 13.2. The molecule has 0 aliphatic carbocycles. The van der Waals surface area contributed by atoms with Crippen LogP contribution in [0.25, 0.3) is 0 Å². The third-order valence-electron chi connectivity index (χ3n) is 3.75. The number of ether oxygens (including phenoxy) is 1. The average molecular weight is 283 g/mol. The third kappa shape index (κ3) is 4.61. The predicted octanol–water partition coefficient (Wildman–Crippen LogP) is 4.36. The van der Waals surface area contributed by atoms with Crippen LogP contribution in [0.3, 0.4) is 0 Å². The second-order valence-corrected chi connectivity index (χ2v) is 5.77. The van der Waals surface area contributed by atoms with E-state index >= 15 is 0 Å². The number of hydrogen-bond acceptors (Lipinski definition) is 2. The summed E-state index contributed by atoms with van der Waals surface area (Å²) >= 11 is 0. The van der Waals surface area contributed by atoms with Crippen molar-refractivity contribution >= 4 is 5.69 Å². The quantitative estimate of drug-likeness (QED) is 0.815. The molecule has 0 spiro atoms. The lowest BCUT2D eigenvalue weighted by Crippen LogP contribution is -2.30. The van der Waals surface area contributed by atoms with Crippen LogP contribution in [0, 0.1) is 5.92 Å². The first kappa shape index (κ1) is 15.6. The van der Waals surface area contributed by atoms with E-state index in [2.05, 4.69) is 73.8 Å². The van der Waals surface area contributed by atoms with Crippen LogP contribution in [0.4, 0.5) is 5.69 Å². The van der Waals surface area contributed by atoms with Crippen molar-refractivity contribution in [3.05, 3.63) is 65.7 Å². The van der Waals surface area contributed by atoms with Gasteiger partial charge in [0.1, 0.15) is 0 Å². The van der Waals surface area contributed by atoms with E-state index in [0.717, 1.165) is 13.0 Å². The Hall–Kier alpha value is -1.80. The highest BCUT2D eigenvalue weighted by Crippen LogP contribution is 2.21. The fourth-order valence-corrected chi connectivity index (χ4v) is 2.41. The fourth-order valence-electron chi connectivity index (χ4n) is 2.41. The minimum absolute atomic E-state index is 0.326. The Morgan fingerprint density at radius 1 is 0.952 bits per heavy atom. The van der Waals surface area contributed by atoms with Crippen LogP contribution in [-0.4, -0.2) is 19.8 Å². The summed E-state index contributed by atoms with van der Waals surface area (Å²) in [7, 11) is 1.76. The standard InChI is InChI=1S/C19H25NO/c1-15(2)19(14-21-3)20-18-12-8-7-11-17(18)13-16-9-5-4-6-10-16/h4-12,15,19-20H,13-14H2,1-3H3. The third-order valence-corrected chi connectivity index (χ3v) is 3.75. The first-order valence-corrected chi connectivity index (χ1v) is 7.58. The van der Waals surface area contributed by atoms with Crippen molar-refractivity contribution in [1.29, 1.82) is 0 Å². The Bertz CT molecular complexity index is 536. The lowest BCUT2D eigenvalue weighted by Gasteiger charge is -2.24. The smallest absolute Gasteiger partial charge is 0.0666 e. The summed E-state index contributed by atoms with van der Waals surface area (Å²) < 4.78 is 5.33. The van der Waals surface area contributed by atoms with Gasteiger partial charge in [-0.15, -0.1) is 0 Å². The van der Waals surface area contributed by atoms with E-state index in [0.29, 0.717) is 12.0 Å². The highest BCUT2D eigenvalue weighted by molar-refractivity contribution is 5.53. The van der Waals surface area contributed by atoms with Gasteiger partial charge in [-0.05, 0) is 29.5 Å². The van der Waals surface area contributed by atoms with Crippen molar-refractivity contribution in [2.45, 2.75) is 26.3 Å². The van der Waals surface area contributed by atoms with Gasteiger partial charge in [-0.1, -0.05) is 62.4 Å². The Balaban J connectivity index is 2.16. The highest BCUT2D eigenvalue weighted by Gasteiger charge is 2.14. The van der Waals surface area contributed by atoms with Crippen molar-refractivity contribution in [1.82, 2.24) is 0 Å². The maximum atomic E-state index is 5.33. The van der Waals surface area contributed by atoms with E-state index in [1.54, 1.807) is 7.11 Å². The van der Waals surface area contributed by atoms with Crippen LogP contribution in [0.15, 0.2) is 54.6 Å². The molecule has 0 aliphatic rings. The van der Waals surface area contributed by atoms with E-state index < -0.39 is 0 Å². The van der Waals surface area contributed by atoms with Crippen LogP contribution < -0.4 is 5.32 Å². The zero-order valence-corrected chi connectivity index (χ0v) is 13.2. The molecule has 0 bridgehead atoms. The lowest BCUT2D eigenvalue weighted by molar-refractivity contribution is 0.171. The molecular weight excluding hydrogens is 258 g/mol. The topological polar surface area (TPSA) is 21.3 Å². The van der Waals surface area contributed by atoms with Gasteiger partial charge >= 0.3 is 0 Å². The molecule has 1 N–H and O–H groups in total. The number of nitrogens with one attached hydrogen (secondary N) is 1. The van der Waals surface area contributed by atoms with Gasteiger partial charge in [0.05, 0.1) is 12.6 Å². The lowest BCUT2D eigenvalue weighted by atomic mass is 10.0. The molecule has 2 nitrogen and oxygen atoms in total. The maximum Gasteiger partial charge on any atom is 0.0666 e. The number of hydrogen-bond donors (Lipinski definition) is 1. The number of rotatable bonds is 7. The Labute approximate surface area is 128 Å². The summed E-state index contributed by atoms with van der Waals surface area (Å²) in [5.41, 5.74) is 3.86. The Kier molecular flexibility index (Phi) is 5.82. The van der Waals surface area contributed by atoms with Gasteiger partial charge < -0.3 is 10.1 Å². The van der Waals surface area contributed by atoms with E-state index in [9.17, 15) is 0 Å². The second-order valence-electron chi connectivity index (χ2n) is 5.77. The molecule has 2 rings (SSSR count). The van der Waals surface area contributed by atoms with Crippen LogP contribution >= 0.6 is 0 Å². The van der Waals surface area contributed by atoms with Crippen molar-refractivity contribution < 1.29 is 4.74 Å².